The number of ether oxygens (including phenoxy) is 1. The molecule has 0 aliphatic heterocycles. The third-order valence-corrected chi connectivity index (χ3v) is 3.29. The lowest BCUT2D eigenvalue weighted by Gasteiger charge is -2.25. The number of carboxylic acid groups (broad SMARTS) is 1. The van der Waals surface area contributed by atoms with Gasteiger partial charge in [0.1, 0.15) is 5.75 Å². The fraction of sp³-hybridized carbons (Fsp3) is 0.500. The van der Waals surface area contributed by atoms with E-state index in [0.717, 1.165) is 12.8 Å². The molecule has 0 radical (unpaired) electrons. The Labute approximate surface area is 125 Å². The molecule has 1 aromatic carbocycles. The van der Waals surface area contributed by atoms with Gasteiger partial charge in [-0.2, -0.15) is 0 Å². The Kier molecular flexibility index (Phi) is 6.72. The van der Waals surface area contributed by atoms with E-state index < -0.39 is 11.9 Å². The van der Waals surface area contributed by atoms with E-state index in [1.807, 2.05) is 6.92 Å². The zero-order valence-corrected chi connectivity index (χ0v) is 12.8. The minimum atomic E-state index is -0.911. The Morgan fingerprint density at radius 2 is 2.10 bits per heavy atom. The van der Waals surface area contributed by atoms with Crippen LogP contribution in [0.1, 0.15) is 33.1 Å². The molecule has 5 nitrogen and oxygen atoms in total. The molecule has 0 heterocycles. The van der Waals surface area contributed by atoms with Crippen LogP contribution < -0.4 is 9.64 Å². The van der Waals surface area contributed by atoms with Crippen LogP contribution in [0.25, 0.3) is 0 Å². The van der Waals surface area contributed by atoms with Gasteiger partial charge < -0.3 is 14.7 Å². The summed E-state index contributed by atoms with van der Waals surface area (Å²) >= 11 is 0. The van der Waals surface area contributed by atoms with Gasteiger partial charge in [0.05, 0.1) is 13.0 Å². The molecule has 1 unspecified atom stereocenters. The maximum Gasteiger partial charge on any atom is 0.308 e. The molecular formula is C16H23NO4. The number of amides is 1. The molecule has 0 aliphatic rings. The van der Waals surface area contributed by atoms with Crippen molar-refractivity contribution in [2.45, 2.75) is 33.1 Å². The first-order chi connectivity index (χ1) is 9.99. The van der Waals surface area contributed by atoms with E-state index in [1.54, 1.807) is 38.3 Å². The van der Waals surface area contributed by atoms with Crippen molar-refractivity contribution in [1.29, 1.82) is 0 Å². The van der Waals surface area contributed by atoms with Crippen LogP contribution in [0.4, 0.5) is 5.69 Å². The second-order valence-electron chi connectivity index (χ2n) is 5.05. The first-order valence-electron chi connectivity index (χ1n) is 7.16. The molecular weight excluding hydrogens is 270 g/mol. The molecule has 0 saturated carbocycles. The van der Waals surface area contributed by atoms with Gasteiger partial charge in [-0.3, -0.25) is 9.59 Å². The lowest BCUT2D eigenvalue weighted by atomic mass is 10.1. The first kappa shape index (κ1) is 17.0. The predicted octanol–water partition coefficient (Wildman–Crippen LogP) is 2.94. The maximum atomic E-state index is 12.4. The van der Waals surface area contributed by atoms with Gasteiger partial charge in [-0.05, 0) is 18.6 Å². The number of rotatable bonds is 8. The highest BCUT2D eigenvalue weighted by Crippen LogP contribution is 2.23. The molecule has 5 heteroatoms. The maximum absolute atomic E-state index is 12.4. The highest BCUT2D eigenvalue weighted by molar-refractivity contribution is 5.94. The summed E-state index contributed by atoms with van der Waals surface area (Å²) in [5.41, 5.74) is 0.670. The predicted molar refractivity (Wildman–Crippen MR) is 81.7 cm³/mol. The summed E-state index contributed by atoms with van der Waals surface area (Å²) in [7, 11) is 1.56. The molecule has 1 atom stereocenters. The number of carbonyl (C=O) groups is 2. The number of hydrogen-bond donors (Lipinski definition) is 1. The van der Waals surface area contributed by atoms with Crippen molar-refractivity contribution in [3.05, 3.63) is 24.3 Å². The number of aliphatic carboxylic acids is 1. The number of methoxy groups -OCH3 is 1. The number of carbonyl (C=O) groups excluding carboxylic acids is 1. The summed E-state index contributed by atoms with van der Waals surface area (Å²) in [6, 6.07) is 7.12. The van der Waals surface area contributed by atoms with Gasteiger partial charge in [0, 0.05) is 24.7 Å². The minimum Gasteiger partial charge on any atom is -0.497 e. The Morgan fingerprint density at radius 3 is 2.67 bits per heavy atom. The van der Waals surface area contributed by atoms with Crippen molar-refractivity contribution in [2.24, 2.45) is 5.92 Å². The van der Waals surface area contributed by atoms with Crippen LogP contribution >= 0.6 is 0 Å². The molecule has 1 N–H and O–H groups in total. The minimum absolute atomic E-state index is 0.0572. The average Bonchev–Trinajstić information content (AvgIpc) is 2.49. The highest BCUT2D eigenvalue weighted by atomic mass is 16.5. The molecule has 1 aromatic rings. The third kappa shape index (κ3) is 5.10. The van der Waals surface area contributed by atoms with Gasteiger partial charge in [-0.1, -0.05) is 26.3 Å². The second-order valence-corrected chi connectivity index (χ2v) is 5.05. The van der Waals surface area contributed by atoms with E-state index in [-0.39, 0.29) is 12.5 Å². The number of hydrogen-bond acceptors (Lipinski definition) is 3. The molecule has 0 aliphatic carbocycles. The number of anilines is 1. The third-order valence-electron chi connectivity index (χ3n) is 3.29. The van der Waals surface area contributed by atoms with Crippen molar-refractivity contribution in [3.8, 4) is 5.75 Å². The molecule has 116 valence electrons. The fourth-order valence-electron chi connectivity index (χ4n) is 1.94. The molecule has 1 rings (SSSR count). The number of carboxylic acids is 1. The van der Waals surface area contributed by atoms with Crippen molar-refractivity contribution in [3.63, 3.8) is 0 Å². The SMILES string of the molecule is CCCCC(=O)N(CC(C)C(=O)O)c1cccc(OC)c1. The average molecular weight is 293 g/mol. The van der Waals surface area contributed by atoms with Gasteiger partial charge in [-0.15, -0.1) is 0 Å². The molecule has 1 amide bonds. The van der Waals surface area contributed by atoms with Crippen molar-refractivity contribution < 1.29 is 19.4 Å². The molecule has 0 bridgehead atoms. The summed E-state index contributed by atoms with van der Waals surface area (Å²) < 4.78 is 5.16. The molecule has 0 saturated heterocycles. The van der Waals surface area contributed by atoms with E-state index in [1.165, 1.54) is 4.90 Å². The Balaban J connectivity index is 2.99. The van der Waals surface area contributed by atoms with E-state index in [9.17, 15) is 9.59 Å². The van der Waals surface area contributed by atoms with Crippen LogP contribution in [0.3, 0.4) is 0 Å². The van der Waals surface area contributed by atoms with Crippen molar-refractivity contribution in [2.75, 3.05) is 18.6 Å². The zero-order chi connectivity index (χ0) is 15.8. The monoisotopic (exact) mass is 293 g/mol. The Hall–Kier alpha value is -2.04. The van der Waals surface area contributed by atoms with Crippen LogP contribution in [0.15, 0.2) is 24.3 Å². The molecule has 0 aromatic heterocycles. The van der Waals surface area contributed by atoms with Gasteiger partial charge in [0.2, 0.25) is 5.91 Å². The van der Waals surface area contributed by atoms with Gasteiger partial charge in [-0.25, -0.2) is 0 Å². The lowest BCUT2D eigenvalue weighted by molar-refractivity contribution is -0.140. The van der Waals surface area contributed by atoms with E-state index in [0.29, 0.717) is 17.9 Å². The summed E-state index contributed by atoms with van der Waals surface area (Å²) in [6.45, 7) is 3.77. The fourth-order valence-corrected chi connectivity index (χ4v) is 1.94. The van der Waals surface area contributed by atoms with Crippen LogP contribution in [0, 0.1) is 5.92 Å². The van der Waals surface area contributed by atoms with Crippen molar-refractivity contribution in [1.82, 2.24) is 0 Å². The standard InChI is InChI=1S/C16H23NO4/c1-4-5-9-15(18)17(11-12(2)16(19)20)13-7-6-8-14(10-13)21-3/h6-8,10,12H,4-5,9,11H2,1-3H3,(H,19,20). The van der Waals surface area contributed by atoms with Gasteiger partial charge in [0.25, 0.3) is 0 Å². The lowest BCUT2D eigenvalue weighted by Crippen LogP contribution is -2.36. The summed E-state index contributed by atoms with van der Waals surface area (Å²) in [6.07, 6.45) is 2.13. The normalized spacial score (nSPS) is 11.8. The van der Waals surface area contributed by atoms with Gasteiger partial charge in [0.15, 0.2) is 0 Å². The van der Waals surface area contributed by atoms with E-state index in [4.69, 9.17) is 9.84 Å². The van der Waals surface area contributed by atoms with Crippen LogP contribution in [-0.4, -0.2) is 30.6 Å². The van der Waals surface area contributed by atoms with Gasteiger partial charge >= 0.3 is 5.97 Å². The number of unbranched alkanes of at least 4 members (excludes halogenated alkanes) is 1. The van der Waals surface area contributed by atoms with E-state index in [2.05, 4.69) is 0 Å². The molecule has 21 heavy (non-hydrogen) atoms. The van der Waals surface area contributed by atoms with Crippen LogP contribution in [0.2, 0.25) is 0 Å². The zero-order valence-electron chi connectivity index (χ0n) is 12.8. The largest absolute Gasteiger partial charge is 0.497 e. The second kappa shape index (κ2) is 8.29. The number of benzene rings is 1. The Bertz CT molecular complexity index is 487. The van der Waals surface area contributed by atoms with Crippen LogP contribution in [0.5, 0.6) is 5.75 Å². The number of nitrogens with zero attached hydrogens (tertiary/aromatic N) is 1. The quantitative estimate of drug-likeness (QED) is 0.800. The highest BCUT2D eigenvalue weighted by Gasteiger charge is 2.22. The smallest absolute Gasteiger partial charge is 0.308 e. The summed E-state index contributed by atoms with van der Waals surface area (Å²) in [5.74, 6) is -0.949. The Morgan fingerprint density at radius 1 is 1.38 bits per heavy atom. The summed E-state index contributed by atoms with van der Waals surface area (Å²) in [4.78, 5) is 25.0. The topological polar surface area (TPSA) is 66.8 Å². The summed E-state index contributed by atoms with van der Waals surface area (Å²) in [5, 5.41) is 9.07. The first-order valence-corrected chi connectivity index (χ1v) is 7.16. The van der Waals surface area contributed by atoms with Crippen molar-refractivity contribution >= 4 is 17.6 Å². The molecule has 0 spiro atoms. The molecule has 0 fully saturated rings. The van der Waals surface area contributed by atoms with E-state index >= 15 is 0 Å². The van der Waals surface area contributed by atoms with Crippen LogP contribution in [-0.2, 0) is 9.59 Å².